The van der Waals surface area contributed by atoms with Crippen LogP contribution in [0, 0.1) is 10.1 Å². The first kappa shape index (κ1) is 13.1. The fourth-order valence-corrected chi connectivity index (χ4v) is 1.85. The second-order valence-corrected chi connectivity index (χ2v) is 4.31. The van der Waals surface area contributed by atoms with E-state index in [2.05, 4.69) is 9.22 Å². The standard InChI is InChI=1S/C8H7NO7S/c1-6(10)15-16-17(13,14)8-5-3-2-4-7(8)9(11)12/h2-5H,1H3. The van der Waals surface area contributed by atoms with Crippen LogP contribution in [0.3, 0.4) is 0 Å². The number of nitro groups is 1. The summed E-state index contributed by atoms with van der Waals surface area (Å²) in [4.78, 5) is 23.3. The lowest BCUT2D eigenvalue weighted by Gasteiger charge is -2.03. The number of hydrogen-bond acceptors (Lipinski definition) is 7. The molecule has 0 aromatic heterocycles. The van der Waals surface area contributed by atoms with E-state index in [1.807, 2.05) is 0 Å². The van der Waals surface area contributed by atoms with Crippen molar-refractivity contribution in [1.82, 2.24) is 0 Å². The summed E-state index contributed by atoms with van der Waals surface area (Å²) in [7, 11) is -4.52. The maximum absolute atomic E-state index is 11.5. The topological polar surface area (TPSA) is 113 Å². The molecule has 1 rings (SSSR count). The molecule has 17 heavy (non-hydrogen) atoms. The van der Waals surface area contributed by atoms with Gasteiger partial charge in [-0.3, -0.25) is 15.0 Å². The van der Waals surface area contributed by atoms with Gasteiger partial charge in [-0.05, 0) is 10.4 Å². The lowest BCUT2D eigenvalue weighted by atomic mass is 10.3. The number of para-hydroxylation sites is 1. The van der Waals surface area contributed by atoms with E-state index in [9.17, 15) is 23.3 Å². The third-order valence-corrected chi connectivity index (χ3v) is 2.70. The van der Waals surface area contributed by atoms with Crippen LogP contribution in [-0.2, 0) is 24.1 Å². The number of carbonyl (C=O) groups is 1. The Labute approximate surface area is 96.0 Å². The molecule has 0 fully saturated rings. The first-order valence-electron chi connectivity index (χ1n) is 4.20. The smallest absolute Gasteiger partial charge is 0.282 e. The molecular weight excluding hydrogens is 254 g/mol. The van der Waals surface area contributed by atoms with Gasteiger partial charge in [0.25, 0.3) is 5.69 Å². The van der Waals surface area contributed by atoms with Crippen LogP contribution >= 0.6 is 0 Å². The highest BCUT2D eigenvalue weighted by Gasteiger charge is 2.27. The molecule has 0 aliphatic heterocycles. The molecule has 0 unspecified atom stereocenters. The molecule has 0 N–H and O–H groups in total. The van der Waals surface area contributed by atoms with Crippen LogP contribution in [0.1, 0.15) is 6.92 Å². The van der Waals surface area contributed by atoms with E-state index in [0.29, 0.717) is 0 Å². The Morgan fingerprint density at radius 1 is 1.35 bits per heavy atom. The average molecular weight is 261 g/mol. The number of nitrogens with zero attached hydrogens (tertiary/aromatic N) is 1. The van der Waals surface area contributed by atoms with Crippen molar-refractivity contribution in [3.63, 3.8) is 0 Å². The molecule has 1 aromatic rings. The lowest BCUT2D eigenvalue weighted by molar-refractivity contribution is -0.388. The van der Waals surface area contributed by atoms with Crippen molar-refractivity contribution in [2.45, 2.75) is 11.8 Å². The summed E-state index contributed by atoms with van der Waals surface area (Å²) >= 11 is 0. The van der Waals surface area contributed by atoms with Gasteiger partial charge in [0.05, 0.1) is 4.92 Å². The first-order chi connectivity index (χ1) is 7.84. The van der Waals surface area contributed by atoms with Gasteiger partial charge < -0.3 is 0 Å². The van der Waals surface area contributed by atoms with Gasteiger partial charge in [-0.25, -0.2) is 4.79 Å². The Kier molecular flexibility index (Phi) is 3.76. The van der Waals surface area contributed by atoms with E-state index in [0.717, 1.165) is 19.1 Å². The molecule has 0 heterocycles. The van der Waals surface area contributed by atoms with Gasteiger partial charge in [0.2, 0.25) is 0 Å². The molecule has 0 radical (unpaired) electrons. The minimum Gasteiger partial charge on any atom is -0.282 e. The molecule has 0 bridgehead atoms. The number of rotatable bonds is 4. The first-order valence-corrected chi connectivity index (χ1v) is 5.60. The number of nitro benzene ring substituents is 1. The zero-order valence-electron chi connectivity index (χ0n) is 8.52. The largest absolute Gasteiger partial charge is 0.340 e. The van der Waals surface area contributed by atoms with Gasteiger partial charge in [0.1, 0.15) is 0 Å². The maximum atomic E-state index is 11.5. The summed E-state index contributed by atoms with van der Waals surface area (Å²) < 4.78 is 26.8. The zero-order chi connectivity index (χ0) is 13.1. The molecule has 0 saturated heterocycles. The third-order valence-electron chi connectivity index (χ3n) is 1.57. The van der Waals surface area contributed by atoms with Crippen LogP contribution < -0.4 is 0 Å². The molecule has 0 spiro atoms. The second kappa shape index (κ2) is 4.89. The Morgan fingerprint density at radius 2 is 1.94 bits per heavy atom. The van der Waals surface area contributed by atoms with Gasteiger partial charge >= 0.3 is 16.1 Å². The number of carbonyl (C=O) groups excluding carboxylic acids is 1. The van der Waals surface area contributed by atoms with Crippen LogP contribution in [0.5, 0.6) is 0 Å². The number of benzene rings is 1. The van der Waals surface area contributed by atoms with Crippen LogP contribution in [0.15, 0.2) is 29.2 Å². The average Bonchev–Trinajstić information content (AvgIpc) is 2.26. The quantitative estimate of drug-likeness (QED) is 0.447. The Bertz CT molecular complexity index is 551. The van der Waals surface area contributed by atoms with Gasteiger partial charge in [0.15, 0.2) is 4.90 Å². The Balaban J connectivity index is 3.15. The van der Waals surface area contributed by atoms with Crippen molar-refractivity contribution in [1.29, 1.82) is 0 Å². The molecule has 0 saturated carbocycles. The third kappa shape index (κ3) is 3.23. The summed E-state index contributed by atoms with van der Waals surface area (Å²) in [5.41, 5.74) is -0.667. The van der Waals surface area contributed by atoms with Crippen LogP contribution in [0.2, 0.25) is 0 Å². The minimum absolute atomic E-state index is 0.667. The van der Waals surface area contributed by atoms with Crippen molar-refractivity contribution < 1.29 is 27.4 Å². The van der Waals surface area contributed by atoms with E-state index in [1.54, 1.807) is 0 Å². The van der Waals surface area contributed by atoms with E-state index in [-0.39, 0.29) is 0 Å². The molecule has 0 aliphatic rings. The molecule has 92 valence electrons. The highest BCUT2D eigenvalue weighted by atomic mass is 32.2. The molecule has 0 amide bonds. The SMILES string of the molecule is CC(=O)OOS(=O)(=O)c1ccccc1[N+](=O)[O-]. The predicted molar refractivity (Wildman–Crippen MR) is 53.1 cm³/mol. The van der Waals surface area contributed by atoms with Gasteiger partial charge in [-0.15, -0.1) is 0 Å². The van der Waals surface area contributed by atoms with E-state index in [1.165, 1.54) is 12.1 Å². The molecule has 9 heteroatoms. The van der Waals surface area contributed by atoms with Gasteiger partial charge in [-0.1, -0.05) is 12.1 Å². The van der Waals surface area contributed by atoms with Crippen molar-refractivity contribution in [3.8, 4) is 0 Å². The second-order valence-electron chi connectivity index (χ2n) is 2.82. The summed E-state index contributed by atoms with van der Waals surface area (Å²) in [5.74, 6) is -0.993. The molecular formula is C8H7NO7S. The predicted octanol–water partition coefficient (Wildman–Crippen LogP) is 0.778. The fraction of sp³-hybridized carbons (Fsp3) is 0.125. The summed E-state index contributed by atoms with van der Waals surface area (Å²) in [6.07, 6.45) is 0. The zero-order valence-corrected chi connectivity index (χ0v) is 9.34. The van der Waals surface area contributed by atoms with E-state index in [4.69, 9.17) is 0 Å². The Hall–Kier alpha value is -2.00. The lowest BCUT2D eigenvalue weighted by Crippen LogP contribution is -2.11. The van der Waals surface area contributed by atoms with E-state index < -0.39 is 31.6 Å². The Morgan fingerprint density at radius 3 is 2.47 bits per heavy atom. The van der Waals surface area contributed by atoms with Crippen molar-refractivity contribution in [3.05, 3.63) is 34.4 Å². The summed E-state index contributed by atoms with van der Waals surface area (Å²) in [6.45, 7) is 0.926. The van der Waals surface area contributed by atoms with Crippen molar-refractivity contribution in [2.75, 3.05) is 0 Å². The molecule has 1 aromatic carbocycles. The van der Waals surface area contributed by atoms with Gasteiger partial charge in [-0.2, -0.15) is 8.42 Å². The summed E-state index contributed by atoms with van der Waals surface area (Å²) in [6, 6.07) is 4.53. The normalized spacial score (nSPS) is 10.9. The van der Waals surface area contributed by atoms with E-state index >= 15 is 0 Å². The van der Waals surface area contributed by atoms with Crippen molar-refractivity contribution >= 4 is 21.8 Å². The molecule has 0 aliphatic carbocycles. The van der Waals surface area contributed by atoms with Crippen LogP contribution in [-0.4, -0.2) is 19.3 Å². The molecule has 8 nitrogen and oxygen atoms in total. The summed E-state index contributed by atoms with van der Waals surface area (Å²) in [5, 5.41) is 10.6. The number of hydrogen-bond donors (Lipinski definition) is 0. The highest BCUT2D eigenvalue weighted by molar-refractivity contribution is 7.86. The molecule has 0 atom stereocenters. The van der Waals surface area contributed by atoms with Crippen LogP contribution in [0.25, 0.3) is 0 Å². The fourth-order valence-electron chi connectivity index (χ4n) is 0.949. The maximum Gasteiger partial charge on any atom is 0.340 e. The van der Waals surface area contributed by atoms with Gasteiger partial charge in [0, 0.05) is 13.0 Å². The monoisotopic (exact) mass is 261 g/mol. The highest BCUT2D eigenvalue weighted by Crippen LogP contribution is 2.24. The van der Waals surface area contributed by atoms with Crippen molar-refractivity contribution in [2.24, 2.45) is 0 Å². The minimum atomic E-state index is -4.52. The van der Waals surface area contributed by atoms with Crippen LogP contribution in [0.4, 0.5) is 5.69 Å².